The van der Waals surface area contributed by atoms with Gasteiger partial charge in [0.05, 0.1) is 11.3 Å². The third kappa shape index (κ3) is 2.92. The van der Waals surface area contributed by atoms with Crippen molar-refractivity contribution in [1.29, 1.82) is 5.26 Å². The van der Waals surface area contributed by atoms with Crippen molar-refractivity contribution in [2.75, 3.05) is 4.72 Å². The number of anilines is 1. The van der Waals surface area contributed by atoms with Crippen LogP contribution in [0.1, 0.15) is 5.56 Å². The third-order valence-corrected chi connectivity index (χ3v) is 4.42. The minimum absolute atomic E-state index is 0.0344. The molecule has 0 heterocycles. The lowest BCUT2D eigenvalue weighted by Crippen LogP contribution is -2.14. The summed E-state index contributed by atoms with van der Waals surface area (Å²) >= 11 is 3.19. The molecule has 2 N–H and O–H groups in total. The zero-order chi connectivity index (χ0) is 14.8. The van der Waals surface area contributed by atoms with E-state index in [1.165, 1.54) is 30.3 Å². The summed E-state index contributed by atoms with van der Waals surface area (Å²) in [4.78, 5) is -0.137. The summed E-state index contributed by atoms with van der Waals surface area (Å²) < 4.78 is 27.4. The normalized spacial score (nSPS) is 10.8. The van der Waals surface area contributed by atoms with Gasteiger partial charge in [-0.15, -0.1) is 0 Å². The Hall–Kier alpha value is -2.04. The van der Waals surface area contributed by atoms with E-state index >= 15 is 0 Å². The molecule has 0 radical (unpaired) electrons. The lowest BCUT2D eigenvalue weighted by molar-refractivity contribution is 0.477. The number of aromatic hydroxyl groups is 1. The Bertz CT molecular complexity index is 798. The fourth-order valence-corrected chi connectivity index (χ4v) is 3.17. The molecule has 0 amide bonds. The van der Waals surface area contributed by atoms with Gasteiger partial charge in [-0.25, -0.2) is 8.42 Å². The lowest BCUT2D eigenvalue weighted by Gasteiger charge is -2.10. The largest absolute Gasteiger partial charge is 0.506 e. The smallest absolute Gasteiger partial charge is 0.263 e. The minimum atomic E-state index is -3.95. The average molecular weight is 353 g/mol. The number of nitriles is 1. The van der Waals surface area contributed by atoms with Crippen molar-refractivity contribution in [2.24, 2.45) is 0 Å². The fourth-order valence-electron chi connectivity index (χ4n) is 1.58. The number of nitrogens with zero attached hydrogens (tertiary/aromatic N) is 1. The highest BCUT2D eigenvalue weighted by Gasteiger charge is 2.19. The molecule has 0 spiro atoms. The molecule has 0 bridgehead atoms. The van der Waals surface area contributed by atoms with Crippen LogP contribution in [0.5, 0.6) is 5.75 Å². The molecule has 2 aromatic carbocycles. The first-order chi connectivity index (χ1) is 9.44. The molecule has 0 aromatic heterocycles. The van der Waals surface area contributed by atoms with E-state index in [2.05, 4.69) is 20.7 Å². The van der Waals surface area contributed by atoms with Gasteiger partial charge >= 0.3 is 0 Å². The van der Waals surface area contributed by atoms with E-state index in [-0.39, 0.29) is 21.9 Å². The van der Waals surface area contributed by atoms with E-state index in [9.17, 15) is 13.5 Å². The van der Waals surface area contributed by atoms with Crippen LogP contribution in [0.2, 0.25) is 0 Å². The zero-order valence-corrected chi connectivity index (χ0v) is 12.4. The van der Waals surface area contributed by atoms with Gasteiger partial charge in [-0.3, -0.25) is 4.72 Å². The molecule has 0 aliphatic carbocycles. The van der Waals surface area contributed by atoms with Gasteiger partial charge in [-0.2, -0.15) is 5.26 Å². The fraction of sp³-hybridized carbons (Fsp3) is 0. The molecule has 0 saturated heterocycles. The van der Waals surface area contributed by atoms with Crippen LogP contribution in [0.25, 0.3) is 0 Å². The summed E-state index contributed by atoms with van der Waals surface area (Å²) in [6, 6.07) is 12.0. The number of benzene rings is 2. The van der Waals surface area contributed by atoms with Crippen LogP contribution in [0.3, 0.4) is 0 Å². The van der Waals surface area contributed by atoms with Crippen molar-refractivity contribution in [3.63, 3.8) is 0 Å². The Kier molecular flexibility index (Phi) is 3.97. The molecule has 0 unspecified atom stereocenters. The lowest BCUT2D eigenvalue weighted by atomic mass is 10.2. The van der Waals surface area contributed by atoms with Crippen molar-refractivity contribution in [3.8, 4) is 11.8 Å². The van der Waals surface area contributed by atoms with Gasteiger partial charge in [-0.05, 0) is 30.3 Å². The maximum atomic E-state index is 12.3. The molecule has 5 nitrogen and oxygen atoms in total. The molecular formula is C13H9BrN2O3S. The molecule has 0 aliphatic rings. The highest BCUT2D eigenvalue weighted by atomic mass is 79.9. The highest BCUT2D eigenvalue weighted by Crippen LogP contribution is 2.29. The summed E-state index contributed by atoms with van der Waals surface area (Å²) in [5.74, 6) is -0.203. The number of hydrogen-bond donors (Lipinski definition) is 2. The Morgan fingerprint density at radius 2 is 1.90 bits per heavy atom. The van der Waals surface area contributed by atoms with E-state index in [1.54, 1.807) is 12.1 Å². The van der Waals surface area contributed by atoms with Crippen molar-refractivity contribution < 1.29 is 13.5 Å². The maximum Gasteiger partial charge on any atom is 0.263 e. The standard InChI is InChI=1S/C13H9BrN2O3S/c14-10-5-6-12(17)11(7-10)16-20(18,19)13-4-2-1-3-9(13)8-15/h1-7,16-17H. The second-order valence-corrected chi connectivity index (χ2v) is 6.44. The van der Waals surface area contributed by atoms with Crippen molar-refractivity contribution in [2.45, 2.75) is 4.90 Å². The van der Waals surface area contributed by atoms with E-state index in [1.807, 2.05) is 6.07 Å². The van der Waals surface area contributed by atoms with Gasteiger partial charge in [0, 0.05) is 4.47 Å². The average Bonchev–Trinajstić information content (AvgIpc) is 2.42. The van der Waals surface area contributed by atoms with Gasteiger partial charge in [-0.1, -0.05) is 28.1 Å². The van der Waals surface area contributed by atoms with Crippen LogP contribution in [0, 0.1) is 11.3 Å². The van der Waals surface area contributed by atoms with Crippen molar-refractivity contribution in [3.05, 3.63) is 52.5 Å². The van der Waals surface area contributed by atoms with Gasteiger partial charge in [0.2, 0.25) is 0 Å². The van der Waals surface area contributed by atoms with Gasteiger partial charge in [0.25, 0.3) is 10.0 Å². The van der Waals surface area contributed by atoms with Crippen molar-refractivity contribution in [1.82, 2.24) is 0 Å². The molecule has 0 saturated carbocycles. The molecule has 20 heavy (non-hydrogen) atoms. The highest BCUT2D eigenvalue weighted by molar-refractivity contribution is 9.10. The van der Waals surface area contributed by atoms with E-state index in [4.69, 9.17) is 5.26 Å². The molecule has 2 rings (SSSR count). The van der Waals surface area contributed by atoms with Crippen LogP contribution < -0.4 is 4.72 Å². The van der Waals surface area contributed by atoms with Crippen LogP contribution in [-0.4, -0.2) is 13.5 Å². The molecule has 7 heteroatoms. The first-order valence-electron chi connectivity index (χ1n) is 5.44. The number of phenolic OH excluding ortho intramolecular Hbond substituents is 1. The number of rotatable bonds is 3. The number of nitrogens with one attached hydrogen (secondary N) is 1. The first kappa shape index (κ1) is 14.4. The predicted octanol–water partition coefficient (Wildman–Crippen LogP) is 2.83. The second kappa shape index (κ2) is 5.53. The molecule has 0 fully saturated rings. The topological polar surface area (TPSA) is 90.2 Å². The van der Waals surface area contributed by atoms with Crippen LogP contribution in [0.15, 0.2) is 51.8 Å². The Morgan fingerprint density at radius 3 is 2.60 bits per heavy atom. The van der Waals surface area contributed by atoms with Crippen LogP contribution >= 0.6 is 15.9 Å². The third-order valence-electron chi connectivity index (χ3n) is 2.50. The number of hydrogen-bond acceptors (Lipinski definition) is 4. The number of phenols is 1. The Balaban J connectivity index is 2.47. The van der Waals surface area contributed by atoms with Gasteiger partial charge < -0.3 is 5.11 Å². The monoisotopic (exact) mass is 352 g/mol. The maximum absolute atomic E-state index is 12.3. The summed E-state index contributed by atoms with van der Waals surface area (Å²) in [6.07, 6.45) is 0. The van der Waals surface area contributed by atoms with E-state index in [0.717, 1.165) is 0 Å². The van der Waals surface area contributed by atoms with Gasteiger partial charge in [0.15, 0.2) is 0 Å². The van der Waals surface area contributed by atoms with Gasteiger partial charge in [0.1, 0.15) is 16.7 Å². The quantitative estimate of drug-likeness (QED) is 0.831. The number of sulfonamides is 1. The van der Waals surface area contributed by atoms with Crippen molar-refractivity contribution >= 4 is 31.6 Å². The first-order valence-corrected chi connectivity index (χ1v) is 7.72. The second-order valence-electron chi connectivity index (χ2n) is 3.87. The summed E-state index contributed by atoms with van der Waals surface area (Å²) in [5.41, 5.74) is 0.0709. The molecule has 0 aliphatic heterocycles. The molecular weight excluding hydrogens is 344 g/mol. The molecule has 102 valence electrons. The van der Waals surface area contributed by atoms with Crippen LogP contribution in [-0.2, 0) is 10.0 Å². The zero-order valence-electron chi connectivity index (χ0n) is 10.0. The van der Waals surface area contributed by atoms with E-state index < -0.39 is 10.0 Å². The summed E-state index contributed by atoms with van der Waals surface area (Å²) in [7, 11) is -3.95. The summed E-state index contributed by atoms with van der Waals surface area (Å²) in [5, 5.41) is 18.6. The van der Waals surface area contributed by atoms with Crippen LogP contribution in [0.4, 0.5) is 5.69 Å². The Labute approximate surface area is 124 Å². The Morgan fingerprint density at radius 1 is 1.20 bits per heavy atom. The molecule has 2 aromatic rings. The molecule has 0 atom stereocenters. The SMILES string of the molecule is N#Cc1ccccc1S(=O)(=O)Nc1cc(Br)ccc1O. The number of halogens is 1. The van der Waals surface area contributed by atoms with E-state index in [0.29, 0.717) is 4.47 Å². The summed E-state index contributed by atoms with van der Waals surface area (Å²) in [6.45, 7) is 0. The minimum Gasteiger partial charge on any atom is -0.506 e. The predicted molar refractivity (Wildman–Crippen MR) is 77.8 cm³/mol.